The van der Waals surface area contributed by atoms with Crippen molar-refractivity contribution in [3.63, 3.8) is 0 Å². The number of alkyl halides is 1. The number of carbonyl (C=O) groups is 1. The number of halogens is 1. The first-order chi connectivity index (χ1) is 7.74. The molecule has 4 heteroatoms. The average Bonchev–Trinajstić information content (AvgIpc) is 2.72. The van der Waals surface area contributed by atoms with Crippen LogP contribution in [0.1, 0.15) is 6.42 Å². The van der Waals surface area contributed by atoms with Crippen LogP contribution in [0.15, 0.2) is 29.6 Å². The Bertz CT molecular complexity index is 508. The van der Waals surface area contributed by atoms with E-state index in [0.29, 0.717) is 12.3 Å². The Balaban J connectivity index is 2.36. The van der Waals surface area contributed by atoms with Gasteiger partial charge in [-0.25, -0.2) is 0 Å². The number of nitrogens with zero attached hydrogens (tertiary/aromatic N) is 1. The van der Waals surface area contributed by atoms with Crippen LogP contribution in [-0.4, -0.2) is 18.8 Å². The van der Waals surface area contributed by atoms with Gasteiger partial charge in [0.15, 0.2) is 0 Å². The van der Waals surface area contributed by atoms with E-state index in [1.807, 2.05) is 23.6 Å². The fourth-order valence-electron chi connectivity index (χ4n) is 1.61. The molecule has 2 nitrogen and oxygen atoms in total. The van der Waals surface area contributed by atoms with E-state index in [9.17, 15) is 4.79 Å². The minimum absolute atomic E-state index is 0.0542. The van der Waals surface area contributed by atoms with Crippen molar-refractivity contribution in [1.82, 2.24) is 0 Å². The Labute approximate surface area is 103 Å². The first-order valence-corrected chi connectivity index (χ1v) is 6.44. The van der Waals surface area contributed by atoms with Gasteiger partial charge in [-0.15, -0.1) is 22.9 Å². The van der Waals surface area contributed by atoms with Crippen LogP contribution in [0.25, 0.3) is 10.1 Å². The second-order valence-electron chi connectivity index (χ2n) is 3.51. The van der Waals surface area contributed by atoms with E-state index >= 15 is 0 Å². The lowest BCUT2D eigenvalue weighted by Gasteiger charge is -2.15. The summed E-state index contributed by atoms with van der Waals surface area (Å²) in [5.41, 5.74) is 0.968. The summed E-state index contributed by atoms with van der Waals surface area (Å²) < 4.78 is 1.20. The molecule has 0 saturated carbocycles. The maximum atomic E-state index is 11.7. The van der Waals surface area contributed by atoms with E-state index in [1.54, 1.807) is 23.3 Å². The molecule has 0 atom stereocenters. The molecule has 1 heterocycles. The molecule has 0 fully saturated rings. The summed E-state index contributed by atoms with van der Waals surface area (Å²) >= 11 is 7.23. The Kier molecular flexibility index (Phi) is 3.46. The molecule has 2 aromatic rings. The van der Waals surface area contributed by atoms with Crippen molar-refractivity contribution in [2.45, 2.75) is 6.42 Å². The van der Waals surface area contributed by atoms with Crippen LogP contribution in [0.4, 0.5) is 5.69 Å². The fourth-order valence-corrected chi connectivity index (χ4v) is 2.75. The predicted molar refractivity (Wildman–Crippen MR) is 70.6 cm³/mol. The SMILES string of the molecule is CN(C(=O)CCCl)c1csc2ccccc12. The second kappa shape index (κ2) is 4.85. The summed E-state index contributed by atoms with van der Waals surface area (Å²) in [6.07, 6.45) is 0.377. The number of hydrogen-bond acceptors (Lipinski definition) is 2. The summed E-state index contributed by atoms with van der Waals surface area (Å²) in [5.74, 6) is 0.421. The largest absolute Gasteiger partial charge is 0.314 e. The molecular formula is C12H12ClNOS. The van der Waals surface area contributed by atoms with Crippen LogP contribution in [0.3, 0.4) is 0 Å². The zero-order valence-electron chi connectivity index (χ0n) is 8.94. The van der Waals surface area contributed by atoms with E-state index < -0.39 is 0 Å². The summed E-state index contributed by atoms with van der Waals surface area (Å²) in [6, 6.07) is 8.08. The molecule has 2 rings (SSSR count). The highest BCUT2D eigenvalue weighted by Crippen LogP contribution is 2.32. The first-order valence-electron chi connectivity index (χ1n) is 5.03. The van der Waals surface area contributed by atoms with E-state index in [4.69, 9.17) is 11.6 Å². The number of rotatable bonds is 3. The van der Waals surface area contributed by atoms with Crippen molar-refractivity contribution in [3.8, 4) is 0 Å². The zero-order valence-corrected chi connectivity index (χ0v) is 10.5. The van der Waals surface area contributed by atoms with Crippen LogP contribution in [0.2, 0.25) is 0 Å². The highest BCUT2D eigenvalue weighted by Gasteiger charge is 2.13. The number of hydrogen-bond donors (Lipinski definition) is 0. The third-order valence-electron chi connectivity index (χ3n) is 2.50. The van der Waals surface area contributed by atoms with Crippen molar-refractivity contribution >= 4 is 44.6 Å². The average molecular weight is 254 g/mol. The molecule has 16 heavy (non-hydrogen) atoms. The smallest absolute Gasteiger partial charge is 0.227 e. The van der Waals surface area contributed by atoms with Gasteiger partial charge in [0.1, 0.15) is 0 Å². The molecule has 0 bridgehead atoms. The molecule has 1 amide bonds. The number of benzene rings is 1. The minimum Gasteiger partial charge on any atom is -0.314 e. The van der Waals surface area contributed by atoms with Gasteiger partial charge in [-0.3, -0.25) is 4.79 Å². The van der Waals surface area contributed by atoms with E-state index in [-0.39, 0.29) is 5.91 Å². The molecule has 0 unspecified atom stereocenters. The first kappa shape index (κ1) is 11.4. The van der Waals surface area contributed by atoms with Crippen molar-refractivity contribution in [2.75, 3.05) is 17.8 Å². The monoisotopic (exact) mass is 253 g/mol. The predicted octanol–water partition coefficient (Wildman–Crippen LogP) is 3.49. The van der Waals surface area contributed by atoms with Gasteiger partial charge in [-0.1, -0.05) is 18.2 Å². The quantitative estimate of drug-likeness (QED) is 0.767. The number of fused-ring (bicyclic) bond motifs is 1. The zero-order chi connectivity index (χ0) is 11.5. The van der Waals surface area contributed by atoms with Gasteiger partial charge < -0.3 is 4.90 Å². The Morgan fingerprint density at radius 3 is 2.94 bits per heavy atom. The summed E-state index contributed by atoms with van der Waals surface area (Å²) in [6.45, 7) is 0. The standard InChI is InChI=1S/C12H12ClNOS/c1-14(12(15)6-7-13)10-8-16-11-5-3-2-4-9(10)11/h2-5,8H,6-7H2,1H3. The molecule has 0 N–H and O–H groups in total. The maximum absolute atomic E-state index is 11.7. The molecule has 1 aromatic carbocycles. The van der Waals surface area contributed by atoms with Gasteiger partial charge in [-0.05, 0) is 6.07 Å². The molecule has 0 radical (unpaired) electrons. The highest BCUT2D eigenvalue weighted by atomic mass is 35.5. The van der Waals surface area contributed by atoms with Crippen molar-refractivity contribution in [2.24, 2.45) is 0 Å². The Morgan fingerprint density at radius 1 is 1.44 bits per heavy atom. The number of anilines is 1. The number of amides is 1. The van der Waals surface area contributed by atoms with Crippen molar-refractivity contribution in [1.29, 1.82) is 0 Å². The van der Waals surface area contributed by atoms with Crippen LogP contribution < -0.4 is 4.90 Å². The van der Waals surface area contributed by atoms with Crippen LogP contribution in [0.5, 0.6) is 0 Å². The molecule has 0 aliphatic rings. The van der Waals surface area contributed by atoms with Gasteiger partial charge in [-0.2, -0.15) is 0 Å². The number of thiophene rings is 1. The van der Waals surface area contributed by atoms with Gasteiger partial charge >= 0.3 is 0 Å². The van der Waals surface area contributed by atoms with Gasteiger partial charge in [0, 0.05) is 34.8 Å². The van der Waals surface area contributed by atoms with Crippen LogP contribution >= 0.6 is 22.9 Å². The molecule has 84 valence electrons. The lowest BCUT2D eigenvalue weighted by atomic mass is 10.2. The van der Waals surface area contributed by atoms with E-state index in [0.717, 1.165) is 11.1 Å². The minimum atomic E-state index is 0.0542. The lowest BCUT2D eigenvalue weighted by Crippen LogP contribution is -2.25. The van der Waals surface area contributed by atoms with Crippen molar-refractivity contribution < 1.29 is 4.79 Å². The molecule has 0 saturated heterocycles. The van der Waals surface area contributed by atoms with Crippen LogP contribution in [0, 0.1) is 0 Å². The third-order valence-corrected chi connectivity index (χ3v) is 3.64. The lowest BCUT2D eigenvalue weighted by molar-refractivity contribution is -0.117. The second-order valence-corrected chi connectivity index (χ2v) is 4.80. The third kappa shape index (κ3) is 2.06. The summed E-state index contributed by atoms with van der Waals surface area (Å²) in [5, 5.41) is 3.13. The van der Waals surface area contributed by atoms with E-state index in [1.165, 1.54) is 4.70 Å². The van der Waals surface area contributed by atoms with Gasteiger partial charge in [0.2, 0.25) is 5.91 Å². The summed E-state index contributed by atoms with van der Waals surface area (Å²) in [4.78, 5) is 13.4. The fraction of sp³-hybridized carbons (Fsp3) is 0.250. The molecule has 0 aliphatic heterocycles. The normalized spacial score (nSPS) is 10.6. The Hall–Kier alpha value is -1.06. The number of carbonyl (C=O) groups excluding carboxylic acids is 1. The van der Waals surface area contributed by atoms with Crippen molar-refractivity contribution in [3.05, 3.63) is 29.6 Å². The topological polar surface area (TPSA) is 20.3 Å². The maximum Gasteiger partial charge on any atom is 0.227 e. The molecular weight excluding hydrogens is 242 g/mol. The summed E-state index contributed by atoms with van der Waals surface area (Å²) in [7, 11) is 1.80. The van der Waals surface area contributed by atoms with Gasteiger partial charge in [0.05, 0.1) is 5.69 Å². The highest BCUT2D eigenvalue weighted by molar-refractivity contribution is 7.17. The van der Waals surface area contributed by atoms with Crippen LogP contribution in [-0.2, 0) is 4.79 Å². The Morgan fingerprint density at radius 2 is 2.19 bits per heavy atom. The van der Waals surface area contributed by atoms with E-state index in [2.05, 4.69) is 6.07 Å². The van der Waals surface area contributed by atoms with Gasteiger partial charge in [0.25, 0.3) is 0 Å². The molecule has 0 aliphatic carbocycles. The molecule has 0 spiro atoms. The molecule has 1 aromatic heterocycles.